The van der Waals surface area contributed by atoms with Gasteiger partial charge in [0.1, 0.15) is 0 Å². The van der Waals surface area contributed by atoms with Crippen LogP contribution in [0.1, 0.15) is 43.2 Å². The van der Waals surface area contributed by atoms with Gasteiger partial charge in [-0.05, 0) is 36.8 Å². The van der Waals surface area contributed by atoms with Gasteiger partial charge in [0.05, 0.1) is 6.10 Å². The van der Waals surface area contributed by atoms with Crippen molar-refractivity contribution in [1.82, 2.24) is 0 Å². The van der Waals surface area contributed by atoms with Gasteiger partial charge < -0.3 is 24.9 Å². The normalized spacial score (nSPS) is 12.5. The van der Waals surface area contributed by atoms with E-state index in [1.54, 1.807) is 31.2 Å². The molecule has 7 heteroatoms. The summed E-state index contributed by atoms with van der Waals surface area (Å²) >= 11 is 0. The number of carboxylic acid groups (broad SMARTS) is 2. The molecule has 110 valence electrons. The minimum atomic E-state index is -1.12. The van der Waals surface area contributed by atoms with E-state index in [2.05, 4.69) is 0 Å². The van der Waals surface area contributed by atoms with Gasteiger partial charge in [0.25, 0.3) is 0 Å². The largest absolute Gasteiger partial charge is 1.00 e. The van der Waals surface area contributed by atoms with Gasteiger partial charge in [0.15, 0.2) is 0 Å². The minimum absolute atomic E-state index is 0. The third kappa shape index (κ3) is 9.30. The first-order valence-corrected chi connectivity index (χ1v) is 6.57. The molecule has 2 unspecified atom stereocenters. The second-order valence-corrected chi connectivity index (χ2v) is 4.90. The molecule has 0 bridgehead atoms. The van der Waals surface area contributed by atoms with E-state index in [9.17, 15) is 24.9 Å². The Hall–Kier alpha value is 0.120. The first-order valence-electron chi connectivity index (χ1n) is 6.57. The predicted molar refractivity (Wildman–Crippen MR) is 68.4 cm³/mol. The molecule has 1 rings (SSSR count). The zero-order valence-electron chi connectivity index (χ0n) is 13.4. The molecule has 1 N–H and O–H groups in total. The van der Waals surface area contributed by atoms with Crippen LogP contribution in [0.2, 0.25) is 0 Å². The van der Waals surface area contributed by atoms with Crippen molar-refractivity contribution < 1.29 is 84.0 Å². The van der Waals surface area contributed by atoms with Crippen molar-refractivity contribution in [3.8, 4) is 0 Å². The number of aliphatic hydroxyl groups excluding tert-OH is 1. The molecular formula is C15H18Na2O5. The van der Waals surface area contributed by atoms with E-state index in [-0.39, 0.29) is 65.5 Å². The van der Waals surface area contributed by atoms with Crippen molar-refractivity contribution in [2.45, 2.75) is 44.6 Å². The van der Waals surface area contributed by atoms with Crippen LogP contribution >= 0.6 is 0 Å². The van der Waals surface area contributed by atoms with Crippen LogP contribution in [0.15, 0.2) is 24.3 Å². The standard InChI is InChI=1S/C15H20O5.2Na/c1-10(15(19)20)12-7-5-11(6-8-12)9-13(16)3-2-4-14(17)18;;/h5-8,10,13,16H,2-4,9H2,1H3,(H,17,18)(H,19,20);;/q;2*+1/p-2. The second kappa shape index (κ2) is 12.5. The number of aliphatic carboxylic acids is 2. The van der Waals surface area contributed by atoms with Gasteiger partial charge in [0, 0.05) is 17.9 Å². The number of carboxylic acids is 2. The van der Waals surface area contributed by atoms with Crippen molar-refractivity contribution >= 4 is 11.9 Å². The van der Waals surface area contributed by atoms with E-state index in [1.165, 1.54) is 0 Å². The quantitative estimate of drug-likeness (QED) is 0.479. The molecule has 0 heterocycles. The number of carbonyl (C=O) groups is 2. The smallest absolute Gasteiger partial charge is 0.550 e. The summed E-state index contributed by atoms with van der Waals surface area (Å²) in [5.41, 5.74) is 1.53. The fraction of sp³-hybridized carbons (Fsp3) is 0.467. The molecule has 0 saturated heterocycles. The Balaban J connectivity index is 0. The van der Waals surface area contributed by atoms with E-state index in [0.29, 0.717) is 24.8 Å². The summed E-state index contributed by atoms with van der Waals surface area (Å²) in [5.74, 6) is -2.91. The zero-order chi connectivity index (χ0) is 15.1. The molecule has 0 radical (unpaired) electrons. The first-order chi connectivity index (χ1) is 9.40. The summed E-state index contributed by atoms with van der Waals surface area (Å²) in [4.78, 5) is 21.0. The SMILES string of the molecule is CC(C(=O)[O-])c1ccc(CC(O)CCCC(=O)[O-])cc1.[Na+].[Na+]. The number of carbonyl (C=O) groups excluding carboxylic acids is 2. The van der Waals surface area contributed by atoms with Gasteiger partial charge in [-0.15, -0.1) is 0 Å². The summed E-state index contributed by atoms with van der Waals surface area (Å²) < 4.78 is 0. The number of benzene rings is 1. The average Bonchev–Trinajstić information content (AvgIpc) is 2.38. The van der Waals surface area contributed by atoms with Crippen molar-refractivity contribution in [2.24, 2.45) is 0 Å². The fourth-order valence-electron chi connectivity index (χ4n) is 1.93. The molecule has 22 heavy (non-hydrogen) atoms. The monoisotopic (exact) mass is 324 g/mol. The molecule has 0 aliphatic heterocycles. The van der Waals surface area contributed by atoms with Crippen molar-refractivity contribution in [3.05, 3.63) is 35.4 Å². The molecule has 0 aromatic heterocycles. The van der Waals surface area contributed by atoms with Crippen LogP contribution in [0.25, 0.3) is 0 Å². The van der Waals surface area contributed by atoms with Crippen LogP contribution in [0.5, 0.6) is 0 Å². The molecule has 0 amide bonds. The fourth-order valence-corrected chi connectivity index (χ4v) is 1.93. The van der Waals surface area contributed by atoms with E-state index in [1.807, 2.05) is 0 Å². The molecule has 2 atom stereocenters. The van der Waals surface area contributed by atoms with E-state index in [0.717, 1.165) is 5.56 Å². The van der Waals surface area contributed by atoms with Crippen molar-refractivity contribution in [2.75, 3.05) is 0 Å². The van der Waals surface area contributed by atoms with E-state index < -0.39 is 24.0 Å². The molecule has 0 aliphatic carbocycles. The van der Waals surface area contributed by atoms with E-state index in [4.69, 9.17) is 0 Å². The van der Waals surface area contributed by atoms with Gasteiger partial charge in [-0.3, -0.25) is 0 Å². The average molecular weight is 324 g/mol. The van der Waals surface area contributed by atoms with Crippen LogP contribution in [-0.2, 0) is 16.0 Å². The Labute approximate surface area is 174 Å². The van der Waals surface area contributed by atoms with Gasteiger partial charge in [0.2, 0.25) is 0 Å². The van der Waals surface area contributed by atoms with Gasteiger partial charge in [-0.2, -0.15) is 0 Å². The Morgan fingerprint density at radius 2 is 1.68 bits per heavy atom. The Bertz CT molecular complexity index is 462. The topological polar surface area (TPSA) is 100 Å². The summed E-state index contributed by atoms with van der Waals surface area (Å²) in [7, 11) is 0. The summed E-state index contributed by atoms with van der Waals surface area (Å²) in [6.07, 6.45) is 0.513. The van der Waals surface area contributed by atoms with Crippen LogP contribution < -0.4 is 69.3 Å². The predicted octanol–water partition coefficient (Wildman–Crippen LogP) is -6.63. The van der Waals surface area contributed by atoms with Gasteiger partial charge in [-0.25, -0.2) is 0 Å². The molecule has 0 fully saturated rings. The molecule has 0 aliphatic rings. The number of rotatable bonds is 8. The molecule has 0 saturated carbocycles. The van der Waals surface area contributed by atoms with Crippen LogP contribution in [-0.4, -0.2) is 23.1 Å². The third-order valence-electron chi connectivity index (χ3n) is 3.22. The molecule has 1 aromatic rings. The first kappa shape index (κ1) is 24.4. The van der Waals surface area contributed by atoms with Gasteiger partial charge in [-0.1, -0.05) is 31.2 Å². The Kier molecular flexibility index (Phi) is 13.9. The molecule has 5 nitrogen and oxygen atoms in total. The maximum Gasteiger partial charge on any atom is 1.00 e. The number of hydrogen-bond donors (Lipinski definition) is 1. The van der Waals surface area contributed by atoms with Crippen LogP contribution in [0.4, 0.5) is 0 Å². The maximum absolute atomic E-state index is 10.7. The van der Waals surface area contributed by atoms with Gasteiger partial charge >= 0.3 is 59.1 Å². The third-order valence-corrected chi connectivity index (χ3v) is 3.22. The maximum atomic E-state index is 10.7. The Morgan fingerprint density at radius 3 is 2.14 bits per heavy atom. The minimum Gasteiger partial charge on any atom is -0.550 e. The summed E-state index contributed by atoms with van der Waals surface area (Å²) in [6.45, 7) is 1.55. The van der Waals surface area contributed by atoms with E-state index >= 15 is 0 Å². The zero-order valence-corrected chi connectivity index (χ0v) is 17.4. The van der Waals surface area contributed by atoms with Crippen molar-refractivity contribution in [3.63, 3.8) is 0 Å². The molecule has 0 spiro atoms. The summed E-state index contributed by atoms with van der Waals surface area (Å²) in [6, 6.07) is 6.92. The Morgan fingerprint density at radius 1 is 1.14 bits per heavy atom. The molecule has 1 aromatic carbocycles. The van der Waals surface area contributed by atoms with Crippen LogP contribution in [0, 0.1) is 0 Å². The second-order valence-electron chi connectivity index (χ2n) is 4.90. The molecular weight excluding hydrogens is 306 g/mol. The van der Waals surface area contributed by atoms with Crippen molar-refractivity contribution in [1.29, 1.82) is 0 Å². The number of aliphatic hydroxyl groups is 1. The number of hydrogen-bond acceptors (Lipinski definition) is 5. The summed E-state index contributed by atoms with van der Waals surface area (Å²) in [5, 5.41) is 30.7. The van der Waals surface area contributed by atoms with Crippen LogP contribution in [0.3, 0.4) is 0 Å².